The summed E-state index contributed by atoms with van der Waals surface area (Å²) in [6, 6.07) is 9.51. The molecule has 2 N–H and O–H groups in total. The Morgan fingerprint density at radius 2 is 1.67 bits per heavy atom. The van der Waals surface area contributed by atoms with Crippen molar-refractivity contribution >= 4 is 33.3 Å². The lowest BCUT2D eigenvalue weighted by molar-refractivity contribution is -0.116. The monoisotopic (exact) mass is 474 g/mol. The zero-order chi connectivity index (χ0) is 24.2. The summed E-state index contributed by atoms with van der Waals surface area (Å²) in [5.74, 6) is -0.327. The molecule has 1 heterocycles. The number of hydrogen-bond acceptors (Lipinski definition) is 5. The Labute approximate surface area is 194 Å². The SMILES string of the molecule is Cc1cc(C)c(NC(=O)CN(C)C(=O)Nc2cccc(S(=O)(=O)N3CCOCC3)c2)c(C)c1. The van der Waals surface area contributed by atoms with Crippen LogP contribution in [-0.2, 0) is 19.6 Å². The number of rotatable bonds is 6. The molecule has 0 aromatic heterocycles. The number of morpholine rings is 1. The lowest BCUT2D eigenvalue weighted by Crippen LogP contribution is -2.40. The van der Waals surface area contributed by atoms with Gasteiger partial charge >= 0.3 is 6.03 Å². The van der Waals surface area contributed by atoms with Crippen molar-refractivity contribution in [2.75, 3.05) is 50.5 Å². The summed E-state index contributed by atoms with van der Waals surface area (Å²) in [4.78, 5) is 26.4. The van der Waals surface area contributed by atoms with E-state index in [1.54, 1.807) is 12.1 Å². The lowest BCUT2D eigenvalue weighted by Gasteiger charge is -2.26. The summed E-state index contributed by atoms with van der Waals surface area (Å²) in [6.07, 6.45) is 0. The zero-order valence-electron chi connectivity index (χ0n) is 19.3. The number of anilines is 2. The number of sulfonamides is 1. The number of likely N-dealkylation sites (N-methyl/N-ethyl adjacent to an activating group) is 1. The lowest BCUT2D eigenvalue weighted by atomic mass is 10.1. The van der Waals surface area contributed by atoms with Crippen molar-refractivity contribution in [1.82, 2.24) is 9.21 Å². The van der Waals surface area contributed by atoms with Crippen molar-refractivity contribution in [3.63, 3.8) is 0 Å². The maximum Gasteiger partial charge on any atom is 0.322 e. The van der Waals surface area contributed by atoms with Crippen molar-refractivity contribution in [2.45, 2.75) is 25.7 Å². The van der Waals surface area contributed by atoms with Crippen LogP contribution in [0.5, 0.6) is 0 Å². The van der Waals surface area contributed by atoms with Crippen LogP contribution >= 0.6 is 0 Å². The number of hydrogen-bond donors (Lipinski definition) is 2. The minimum Gasteiger partial charge on any atom is -0.379 e. The van der Waals surface area contributed by atoms with Crippen LogP contribution in [-0.4, -0.2) is 69.5 Å². The van der Waals surface area contributed by atoms with Crippen LogP contribution in [0.2, 0.25) is 0 Å². The first-order valence-electron chi connectivity index (χ1n) is 10.7. The van der Waals surface area contributed by atoms with E-state index in [-0.39, 0.29) is 30.4 Å². The average molecular weight is 475 g/mol. The molecule has 0 unspecified atom stereocenters. The molecule has 3 rings (SSSR count). The van der Waals surface area contributed by atoms with Crippen LogP contribution in [0.3, 0.4) is 0 Å². The van der Waals surface area contributed by atoms with E-state index in [2.05, 4.69) is 10.6 Å². The average Bonchev–Trinajstić information content (AvgIpc) is 2.77. The molecule has 3 amide bonds. The van der Waals surface area contributed by atoms with Gasteiger partial charge in [-0.2, -0.15) is 4.31 Å². The van der Waals surface area contributed by atoms with Crippen molar-refractivity contribution in [3.05, 3.63) is 53.1 Å². The maximum atomic E-state index is 12.8. The van der Waals surface area contributed by atoms with Crippen LogP contribution in [0, 0.1) is 20.8 Å². The molecular weight excluding hydrogens is 444 g/mol. The highest BCUT2D eigenvalue weighted by atomic mass is 32.2. The summed E-state index contributed by atoms with van der Waals surface area (Å²) in [5.41, 5.74) is 4.07. The van der Waals surface area contributed by atoms with Crippen molar-refractivity contribution in [3.8, 4) is 0 Å². The highest BCUT2D eigenvalue weighted by Gasteiger charge is 2.26. The molecule has 0 radical (unpaired) electrons. The molecule has 1 aliphatic heterocycles. The molecule has 178 valence electrons. The minimum absolute atomic E-state index is 0.0907. The van der Waals surface area contributed by atoms with Crippen LogP contribution in [0.15, 0.2) is 41.3 Å². The summed E-state index contributed by atoms with van der Waals surface area (Å²) >= 11 is 0. The number of carbonyl (C=O) groups excluding carboxylic acids is 2. The van der Waals surface area contributed by atoms with E-state index < -0.39 is 16.1 Å². The van der Waals surface area contributed by atoms with Crippen LogP contribution in [0.25, 0.3) is 0 Å². The van der Waals surface area contributed by atoms with Gasteiger partial charge in [0.2, 0.25) is 15.9 Å². The Balaban J connectivity index is 1.63. The van der Waals surface area contributed by atoms with Gasteiger partial charge < -0.3 is 20.3 Å². The molecule has 9 nitrogen and oxygen atoms in total. The third-order valence-corrected chi connectivity index (χ3v) is 7.26. The molecule has 1 fully saturated rings. The third-order valence-electron chi connectivity index (χ3n) is 5.36. The van der Waals surface area contributed by atoms with Crippen LogP contribution in [0.1, 0.15) is 16.7 Å². The first-order chi connectivity index (χ1) is 15.6. The predicted octanol–water partition coefficient (Wildman–Crippen LogP) is 2.74. The van der Waals surface area contributed by atoms with E-state index >= 15 is 0 Å². The van der Waals surface area contributed by atoms with Gasteiger partial charge in [0.25, 0.3) is 0 Å². The molecule has 2 aromatic rings. The van der Waals surface area contributed by atoms with Crippen molar-refractivity contribution in [2.24, 2.45) is 0 Å². The van der Waals surface area contributed by atoms with Gasteiger partial charge in [0, 0.05) is 31.5 Å². The largest absolute Gasteiger partial charge is 0.379 e. The van der Waals surface area contributed by atoms with E-state index in [4.69, 9.17) is 4.74 Å². The Hall–Kier alpha value is -2.95. The fourth-order valence-electron chi connectivity index (χ4n) is 3.73. The number of aryl methyl sites for hydroxylation is 3. The van der Waals surface area contributed by atoms with E-state index in [1.165, 1.54) is 28.4 Å². The highest BCUT2D eigenvalue weighted by Crippen LogP contribution is 2.22. The minimum atomic E-state index is -3.68. The number of nitrogens with one attached hydrogen (secondary N) is 2. The van der Waals surface area contributed by atoms with Crippen LogP contribution in [0.4, 0.5) is 16.2 Å². The molecule has 0 aliphatic carbocycles. The molecule has 0 saturated carbocycles. The second-order valence-corrected chi connectivity index (χ2v) is 10.1. The molecule has 10 heteroatoms. The fraction of sp³-hybridized carbons (Fsp3) is 0.391. The molecule has 0 atom stereocenters. The van der Waals surface area contributed by atoms with Gasteiger partial charge in [-0.1, -0.05) is 23.8 Å². The molecule has 0 spiro atoms. The summed E-state index contributed by atoms with van der Waals surface area (Å²) in [7, 11) is -2.18. The van der Waals surface area contributed by atoms with E-state index in [9.17, 15) is 18.0 Å². The van der Waals surface area contributed by atoms with Crippen molar-refractivity contribution in [1.29, 1.82) is 0 Å². The predicted molar refractivity (Wildman–Crippen MR) is 127 cm³/mol. The molecule has 1 saturated heterocycles. The Morgan fingerprint density at radius 3 is 2.30 bits per heavy atom. The Morgan fingerprint density at radius 1 is 1.03 bits per heavy atom. The summed E-state index contributed by atoms with van der Waals surface area (Å²) in [5, 5.41) is 5.52. The number of nitrogens with zero attached hydrogens (tertiary/aromatic N) is 2. The number of ether oxygens (including phenoxy) is 1. The van der Waals surface area contributed by atoms with Gasteiger partial charge in [-0.05, 0) is 50.1 Å². The van der Waals surface area contributed by atoms with Gasteiger partial charge in [0.1, 0.15) is 6.54 Å². The first-order valence-corrected chi connectivity index (χ1v) is 12.1. The van der Waals surface area contributed by atoms with Gasteiger partial charge in [0.05, 0.1) is 18.1 Å². The number of urea groups is 1. The highest BCUT2D eigenvalue weighted by molar-refractivity contribution is 7.89. The van der Waals surface area contributed by atoms with Gasteiger partial charge in [0.15, 0.2) is 0 Å². The summed E-state index contributed by atoms with van der Waals surface area (Å²) < 4.78 is 32.3. The second-order valence-electron chi connectivity index (χ2n) is 8.15. The normalized spacial score (nSPS) is 14.5. The fourth-order valence-corrected chi connectivity index (χ4v) is 5.19. The Kier molecular flexibility index (Phi) is 7.72. The molecule has 33 heavy (non-hydrogen) atoms. The Bertz CT molecular complexity index is 1120. The topological polar surface area (TPSA) is 108 Å². The van der Waals surface area contributed by atoms with Gasteiger partial charge in [-0.25, -0.2) is 13.2 Å². The summed E-state index contributed by atoms with van der Waals surface area (Å²) in [6.45, 7) is 6.95. The number of carbonyl (C=O) groups is 2. The molecule has 0 bridgehead atoms. The molecular formula is C23H30N4O5S. The molecule has 2 aromatic carbocycles. The van der Waals surface area contributed by atoms with E-state index in [0.717, 1.165) is 22.4 Å². The quantitative estimate of drug-likeness (QED) is 0.669. The smallest absolute Gasteiger partial charge is 0.322 e. The van der Waals surface area contributed by atoms with Crippen molar-refractivity contribution < 1.29 is 22.7 Å². The molecule has 1 aliphatic rings. The number of benzene rings is 2. The van der Waals surface area contributed by atoms with Crippen LogP contribution < -0.4 is 10.6 Å². The van der Waals surface area contributed by atoms with Gasteiger partial charge in [-0.15, -0.1) is 0 Å². The van der Waals surface area contributed by atoms with E-state index in [1.807, 2.05) is 32.9 Å². The second kappa shape index (κ2) is 10.3. The third kappa shape index (κ3) is 6.10. The zero-order valence-corrected chi connectivity index (χ0v) is 20.2. The van der Waals surface area contributed by atoms with E-state index in [0.29, 0.717) is 18.9 Å². The maximum absolute atomic E-state index is 12.8. The van der Waals surface area contributed by atoms with Gasteiger partial charge in [-0.3, -0.25) is 4.79 Å². The first kappa shape index (κ1) is 24.7. The standard InChI is InChI=1S/C23H30N4O5S/c1-16-12-17(2)22(18(3)13-16)25-21(28)15-26(4)23(29)24-19-6-5-7-20(14-19)33(30,31)27-8-10-32-11-9-27/h5-7,12-14H,8-11,15H2,1-4H3,(H,24,29)(H,25,28). The number of amides is 3.